The average Bonchev–Trinajstić information content (AvgIpc) is 2.70. The summed E-state index contributed by atoms with van der Waals surface area (Å²) in [5, 5.41) is 4.34. The molecule has 18 heavy (non-hydrogen) atoms. The SMILES string of the molecule is CCc1cc(C(N)CCCC(F)(F)F)n(CC)n1. The molecule has 0 fully saturated rings. The molecule has 0 bridgehead atoms. The molecule has 3 nitrogen and oxygen atoms in total. The molecule has 0 aliphatic heterocycles. The second kappa shape index (κ2) is 6.22. The fourth-order valence-corrected chi connectivity index (χ4v) is 1.88. The van der Waals surface area contributed by atoms with Gasteiger partial charge in [0.1, 0.15) is 0 Å². The van der Waals surface area contributed by atoms with Crippen molar-refractivity contribution in [1.82, 2.24) is 9.78 Å². The van der Waals surface area contributed by atoms with E-state index in [0.29, 0.717) is 13.0 Å². The van der Waals surface area contributed by atoms with Gasteiger partial charge in [-0.25, -0.2) is 0 Å². The summed E-state index contributed by atoms with van der Waals surface area (Å²) in [6, 6.07) is 1.52. The summed E-state index contributed by atoms with van der Waals surface area (Å²) in [7, 11) is 0. The minimum atomic E-state index is -4.10. The Labute approximate surface area is 105 Å². The lowest BCUT2D eigenvalue weighted by molar-refractivity contribution is -0.135. The fraction of sp³-hybridized carbons (Fsp3) is 0.750. The maximum Gasteiger partial charge on any atom is 0.389 e. The van der Waals surface area contributed by atoms with Crippen molar-refractivity contribution in [1.29, 1.82) is 0 Å². The van der Waals surface area contributed by atoms with Crippen molar-refractivity contribution in [2.45, 2.75) is 58.3 Å². The molecule has 0 aliphatic carbocycles. The summed E-state index contributed by atoms with van der Waals surface area (Å²) in [6.45, 7) is 4.61. The van der Waals surface area contributed by atoms with Crippen molar-refractivity contribution in [2.75, 3.05) is 0 Å². The Morgan fingerprint density at radius 2 is 2.06 bits per heavy atom. The molecule has 0 radical (unpaired) electrons. The molecule has 2 N–H and O–H groups in total. The lowest BCUT2D eigenvalue weighted by atomic mass is 10.1. The Balaban J connectivity index is 2.60. The molecular weight excluding hydrogens is 243 g/mol. The third-order valence-electron chi connectivity index (χ3n) is 2.88. The smallest absolute Gasteiger partial charge is 0.323 e. The summed E-state index contributed by atoms with van der Waals surface area (Å²) in [5.41, 5.74) is 7.70. The van der Waals surface area contributed by atoms with Crippen LogP contribution in [0.2, 0.25) is 0 Å². The molecule has 1 rings (SSSR count). The Bertz CT molecular complexity index is 371. The molecule has 1 aromatic rings. The van der Waals surface area contributed by atoms with E-state index in [9.17, 15) is 13.2 Å². The minimum Gasteiger partial charge on any atom is -0.323 e. The zero-order valence-corrected chi connectivity index (χ0v) is 10.8. The van der Waals surface area contributed by atoms with Gasteiger partial charge in [0.05, 0.1) is 11.4 Å². The van der Waals surface area contributed by atoms with Gasteiger partial charge in [0.2, 0.25) is 0 Å². The first kappa shape index (κ1) is 15.0. The number of hydrogen-bond acceptors (Lipinski definition) is 2. The molecule has 0 aromatic carbocycles. The molecule has 0 aliphatic rings. The molecule has 1 atom stereocenters. The lowest BCUT2D eigenvalue weighted by Gasteiger charge is -2.13. The Morgan fingerprint density at radius 3 is 2.56 bits per heavy atom. The summed E-state index contributed by atoms with van der Waals surface area (Å²) in [5.74, 6) is 0. The molecule has 1 unspecified atom stereocenters. The number of nitrogens with zero attached hydrogens (tertiary/aromatic N) is 2. The highest BCUT2D eigenvalue weighted by molar-refractivity contribution is 5.14. The first-order chi connectivity index (χ1) is 8.37. The van der Waals surface area contributed by atoms with Crippen molar-refractivity contribution in [3.63, 3.8) is 0 Å². The number of hydrogen-bond donors (Lipinski definition) is 1. The van der Waals surface area contributed by atoms with Crippen molar-refractivity contribution in [3.05, 3.63) is 17.5 Å². The van der Waals surface area contributed by atoms with Crippen LogP contribution in [0.4, 0.5) is 13.2 Å². The van der Waals surface area contributed by atoms with Gasteiger partial charge in [-0.2, -0.15) is 18.3 Å². The van der Waals surface area contributed by atoms with Crippen molar-refractivity contribution >= 4 is 0 Å². The van der Waals surface area contributed by atoms with Crippen LogP contribution in [0.3, 0.4) is 0 Å². The molecule has 0 saturated heterocycles. The van der Waals surface area contributed by atoms with Gasteiger partial charge in [-0.05, 0) is 32.3 Å². The van der Waals surface area contributed by atoms with Gasteiger partial charge in [-0.3, -0.25) is 4.68 Å². The maximum atomic E-state index is 12.1. The average molecular weight is 263 g/mol. The highest BCUT2D eigenvalue weighted by atomic mass is 19.4. The standard InChI is InChI=1S/C12H20F3N3/c1-3-9-8-11(18(4-2)17-9)10(16)6-5-7-12(13,14)15/h8,10H,3-7,16H2,1-2H3. The van der Waals surface area contributed by atoms with E-state index in [1.165, 1.54) is 0 Å². The highest BCUT2D eigenvalue weighted by Gasteiger charge is 2.26. The molecule has 0 saturated carbocycles. The zero-order valence-electron chi connectivity index (χ0n) is 10.8. The van der Waals surface area contributed by atoms with Gasteiger partial charge >= 0.3 is 6.18 Å². The number of aromatic nitrogens is 2. The largest absolute Gasteiger partial charge is 0.389 e. The first-order valence-corrected chi connectivity index (χ1v) is 6.26. The lowest BCUT2D eigenvalue weighted by Crippen LogP contribution is -2.17. The van der Waals surface area contributed by atoms with Crippen molar-refractivity contribution < 1.29 is 13.2 Å². The summed E-state index contributed by atoms with van der Waals surface area (Å²) in [6.07, 6.45) is -3.69. The summed E-state index contributed by atoms with van der Waals surface area (Å²) in [4.78, 5) is 0. The number of halogens is 3. The second-order valence-electron chi connectivity index (χ2n) is 4.34. The second-order valence-corrected chi connectivity index (χ2v) is 4.34. The van der Waals surface area contributed by atoms with Gasteiger partial charge < -0.3 is 5.73 Å². The van der Waals surface area contributed by atoms with Gasteiger partial charge in [0.15, 0.2) is 0 Å². The predicted octanol–water partition coefficient (Wildman–Crippen LogP) is 3.20. The quantitative estimate of drug-likeness (QED) is 0.856. The van der Waals surface area contributed by atoms with E-state index in [1.807, 2.05) is 19.9 Å². The van der Waals surface area contributed by atoms with E-state index in [1.54, 1.807) is 4.68 Å². The molecule has 0 spiro atoms. The monoisotopic (exact) mass is 263 g/mol. The molecule has 0 amide bonds. The predicted molar refractivity (Wildman–Crippen MR) is 64.1 cm³/mol. The molecule has 1 aromatic heterocycles. The maximum absolute atomic E-state index is 12.1. The molecule has 104 valence electrons. The van der Waals surface area contributed by atoms with Gasteiger partial charge in [0, 0.05) is 19.0 Å². The first-order valence-electron chi connectivity index (χ1n) is 6.26. The number of alkyl halides is 3. The Morgan fingerprint density at radius 1 is 1.39 bits per heavy atom. The number of aryl methyl sites for hydroxylation is 2. The third-order valence-corrected chi connectivity index (χ3v) is 2.88. The summed E-state index contributed by atoms with van der Waals surface area (Å²) >= 11 is 0. The van der Waals surface area contributed by atoms with Crippen LogP contribution in [0, 0.1) is 0 Å². The van der Waals surface area contributed by atoms with E-state index >= 15 is 0 Å². The number of nitrogens with two attached hydrogens (primary N) is 1. The minimum absolute atomic E-state index is 0.0566. The Hall–Kier alpha value is -1.04. The zero-order chi connectivity index (χ0) is 13.8. The van der Waals surface area contributed by atoms with E-state index < -0.39 is 12.6 Å². The van der Waals surface area contributed by atoms with Crippen LogP contribution in [-0.4, -0.2) is 16.0 Å². The van der Waals surface area contributed by atoms with Crippen molar-refractivity contribution in [3.8, 4) is 0 Å². The number of rotatable bonds is 6. The van der Waals surface area contributed by atoms with Gasteiger partial charge in [-0.15, -0.1) is 0 Å². The fourth-order valence-electron chi connectivity index (χ4n) is 1.88. The normalized spacial score (nSPS) is 13.9. The van der Waals surface area contributed by atoms with Crippen LogP contribution >= 0.6 is 0 Å². The van der Waals surface area contributed by atoms with Gasteiger partial charge in [0.25, 0.3) is 0 Å². The van der Waals surface area contributed by atoms with Crippen LogP contribution in [-0.2, 0) is 13.0 Å². The van der Waals surface area contributed by atoms with Crippen LogP contribution in [0.5, 0.6) is 0 Å². The van der Waals surface area contributed by atoms with E-state index in [0.717, 1.165) is 17.8 Å². The van der Waals surface area contributed by atoms with Gasteiger partial charge in [-0.1, -0.05) is 6.92 Å². The van der Waals surface area contributed by atoms with E-state index in [2.05, 4.69) is 5.10 Å². The topological polar surface area (TPSA) is 43.8 Å². The van der Waals surface area contributed by atoms with Crippen LogP contribution in [0.1, 0.15) is 50.5 Å². The van der Waals surface area contributed by atoms with Crippen molar-refractivity contribution in [2.24, 2.45) is 5.73 Å². The molecular formula is C12H20F3N3. The van der Waals surface area contributed by atoms with Crippen LogP contribution in [0.15, 0.2) is 6.07 Å². The third kappa shape index (κ3) is 4.33. The highest BCUT2D eigenvalue weighted by Crippen LogP contribution is 2.25. The van der Waals surface area contributed by atoms with E-state index in [-0.39, 0.29) is 12.5 Å². The molecule has 1 heterocycles. The Kier molecular flexibility index (Phi) is 5.19. The van der Waals surface area contributed by atoms with E-state index in [4.69, 9.17) is 5.73 Å². The molecule has 6 heteroatoms. The van der Waals surface area contributed by atoms with Crippen LogP contribution < -0.4 is 5.73 Å². The van der Waals surface area contributed by atoms with Crippen LogP contribution in [0.25, 0.3) is 0 Å². The summed E-state index contributed by atoms with van der Waals surface area (Å²) < 4.78 is 37.9.